The van der Waals surface area contributed by atoms with Gasteiger partial charge >= 0.3 is 0 Å². The fourth-order valence-corrected chi connectivity index (χ4v) is 3.09. The minimum absolute atomic E-state index is 0.00386. The summed E-state index contributed by atoms with van der Waals surface area (Å²) in [5.41, 5.74) is 1.85. The third kappa shape index (κ3) is 5.92. The van der Waals surface area contributed by atoms with Crippen LogP contribution in [0.1, 0.15) is 38.8 Å². The summed E-state index contributed by atoms with van der Waals surface area (Å²) in [6.07, 6.45) is 0.869. The van der Waals surface area contributed by atoms with Gasteiger partial charge in [-0.15, -0.1) is 0 Å². The summed E-state index contributed by atoms with van der Waals surface area (Å²) in [6.45, 7) is 6.81. The Bertz CT molecular complexity index is 749. The Balaban J connectivity index is 2.02. The van der Waals surface area contributed by atoms with E-state index in [0.29, 0.717) is 6.54 Å². The molecule has 2 unspecified atom stereocenters. The van der Waals surface area contributed by atoms with Gasteiger partial charge in [-0.05, 0) is 44.5 Å². The van der Waals surface area contributed by atoms with Gasteiger partial charge in [0.25, 0.3) is 0 Å². The molecule has 2 aromatic rings. The number of para-hydroxylation sites is 1. The van der Waals surface area contributed by atoms with Crippen molar-refractivity contribution >= 4 is 17.5 Å². The second kappa shape index (κ2) is 10.6. The first-order valence-electron chi connectivity index (χ1n) is 9.84. The van der Waals surface area contributed by atoms with Crippen LogP contribution in [0.15, 0.2) is 60.7 Å². The fourth-order valence-electron chi connectivity index (χ4n) is 3.09. The highest BCUT2D eigenvalue weighted by Gasteiger charge is 2.26. The minimum Gasteiger partial charge on any atom is -0.338 e. The van der Waals surface area contributed by atoms with E-state index in [1.54, 1.807) is 4.90 Å². The summed E-state index contributed by atoms with van der Waals surface area (Å²) in [6, 6.07) is 18.9. The average Bonchev–Trinajstić information content (AvgIpc) is 2.73. The van der Waals surface area contributed by atoms with Gasteiger partial charge in [0.15, 0.2) is 0 Å². The molecule has 0 aliphatic carbocycles. The largest absolute Gasteiger partial charge is 0.338 e. The summed E-state index contributed by atoms with van der Waals surface area (Å²) in [7, 11) is 1.82. The molecule has 0 spiro atoms. The number of likely N-dealkylation sites (N-methyl/N-ethyl adjacent to an activating group) is 1. The smallest absolute Gasteiger partial charge is 0.241 e. The summed E-state index contributed by atoms with van der Waals surface area (Å²) < 4.78 is 0. The van der Waals surface area contributed by atoms with Crippen molar-refractivity contribution in [3.05, 3.63) is 66.2 Å². The van der Waals surface area contributed by atoms with Gasteiger partial charge in [-0.25, -0.2) is 0 Å². The lowest BCUT2D eigenvalue weighted by atomic mass is 10.1. The van der Waals surface area contributed by atoms with Crippen molar-refractivity contribution in [1.82, 2.24) is 9.80 Å². The van der Waals surface area contributed by atoms with E-state index in [1.807, 2.05) is 86.5 Å². The predicted octanol–water partition coefficient (Wildman–Crippen LogP) is 3.95. The van der Waals surface area contributed by atoms with Crippen LogP contribution >= 0.6 is 0 Å². The lowest BCUT2D eigenvalue weighted by Gasteiger charge is -2.31. The van der Waals surface area contributed by atoms with Crippen LogP contribution in [0.5, 0.6) is 0 Å². The van der Waals surface area contributed by atoms with Gasteiger partial charge in [-0.3, -0.25) is 14.5 Å². The van der Waals surface area contributed by atoms with Gasteiger partial charge in [-0.2, -0.15) is 0 Å². The number of nitrogens with one attached hydrogen (secondary N) is 1. The Morgan fingerprint density at radius 2 is 1.54 bits per heavy atom. The van der Waals surface area contributed by atoms with Gasteiger partial charge in [0.2, 0.25) is 11.8 Å². The van der Waals surface area contributed by atoms with Gasteiger partial charge < -0.3 is 10.2 Å². The molecule has 2 amide bonds. The van der Waals surface area contributed by atoms with Crippen LogP contribution in [0, 0.1) is 0 Å². The Kier molecular flexibility index (Phi) is 8.20. The van der Waals surface area contributed by atoms with Crippen molar-refractivity contribution in [1.29, 1.82) is 0 Å². The van der Waals surface area contributed by atoms with E-state index in [2.05, 4.69) is 12.2 Å². The quantitative estimate of drug-likeness (QED) is 0.716. The first kappa shape index (κ1) is 21.6. The molecule has 2 rings (SSSR count). The third-order valence-corrected chi connectivity index (χ3v) is 5.07. The molecule has 150 valence electrons. The average molecular weight is 382 g/mol. The SMILES string of the molecule is CCCN(CC(=O)N(C)C(C)c1ccccc1)C(C)C(=O)Nc1ccccc1. The van der Waals surface area contributed by atoms with Crippen molar-refractivity contribution in [2.75, 3.05) is 25.5 Å². The lowest BCUT2D eigenvalue weighted by molar-refractivity contribution is -0.134. The molecular formula is C23H31N3O2. The standard InChI is InChI=1S/C23H31N3O2/c1-5-16-26(19(3)23(28)24-21-14-10-7-11-15-21)17-22(27)25(4)18(2)20-12-8-6-9-13-20/h6-15,18-19H,5,16-17H2,1-4H3,(H,24,28). The number of rotatable bonds is 9. The minimum atomic E-state index is -0.399. The van der Waals surface area contributed by atoms with Crippen molar-refractivity contribution < 1.29 is 9.59 Å². The molecule has 0 fully saturated rings. The molecule has 2 aromatic carbocycles. The molecule has 0 radical (unpaired) electrons. The second-order valence-electron chi connectivity index (χ2n) is 7.09. The highest BCUT2D eigenvalue weighted by Crippen LogP contribution is 2.19. The van der Waals surface area contributed by atoms with Crippen molar-refractivity contribution in [3.63, 3.8) is 0 Å². The summed E-state index contributed by atoms with van der Waals surface area (Å²) >= 11 is 0. The maximum atomic E-state index is 12.9. The maximum absolute atomic E-state index is 12.9. The second-order valence-corrected chi connectivity index (χ2v) is 7.09. The van der Waals surface area contributed by atoms with Crippen LogP contribution in [0.25, 0.3) is 0 Å². The summed E-state index contributed by atoms with van der Waals surface area (Å²) in [4.78, 5) is 29.2. The van der Waals surface area contributed by atoms with Crippen LogP contribution in [0.4, 0.5) is 5.69 Å². The monoisotopic (exact) mass is 381 g/mol. The zero-order valence-electron chi connectivity index (χ0n) is 17.3. The molecule has 0 aromatic heterocycles. The number of nitrogens with zero attached hydrogens (tertiary/aromatic N) is 2. The topological polar surface area (TPSA) is 52.7 Å². The van der Waals surface area contributed by atoms with Crippen molar-refractivity contribution in [2.45, 2.75) is 39.3 Å². The fraction of sp³-hybridized carbons (Fsp3) is 0.391. The molecule has 28 heavy (non-hydrogen) atoms. The lowest BCUT2D eigenvalue weighted by Crippen LogP contribution is -2.48. The van der Waals surface area contributed by atoms with Gasteiger partial charge in [0, 0.05) is 12.7 Å². The molecule has 0 heterocycles. The normalized spacial score (nSPS) is 13.0. The Morgan fingerprint density at radius 1 is 0.964 bits per heavy atom. The number of anilines is 1. The third-order valence-electron chi connectivity index (χ3n) is 5.07. The zero-order valence-corrected chi connectivity index (χ0v) is 17.3. The molecule has 0 saturated carbocycles. The zero-order chi connectivity index (χ0) is 20.5. The molecule has 0 bridgehead atoms. The number of benzene rings is 2. The van der Waals surface area contributed by atoms with Crippen molar-refractivity contribution in [3.8, 4) is 0 Å². The molecule has 0 saturated heterocycles. The van der Waals surface area contributed by atoms with Crippen LogP contribution in [-0.4, -0.2) is 47.8 Å². The van der Waals surface area contributed by atoms with Crippen LogP contribution in [0.2, 0.25) is 0 Å². The van der Waals surface area contributed by atoms with E-state index in [4.69, 9.17) is 0 Å². The Hall–Kier alpha value is -2.66. The molecule has 0 aliphatic rings. The van der Waals surface area contributed by atoms with Gasteiger partial charge in [-0.1, -0.05) is 55.5 Å². The number of hydrogen-bond acceptors (Lipinski definition) is 3. The molecule has 2 atom stereocenters. The van der Waals surface area contributed by atoms with Crippen LogP contribution < -0.4 is 5.32 Å². The van der Waals surface area contributed by atoms with Gasteiger partial charge in [0.05, 0.1) is 18.6 Å². The Morgan fingerprint density at radius 3 is 2.11 bits per heavy atom. The van der Waals surface area contributed by atoms with E-state index in [0.717, 1.165) is 17.7 Å². The predicted molar refractivity (Wildman–Crippen MR) is 114 cm³/mol. The van der Waals surface area contributed by atoms with E-state index in [1.165, 1.54) is 0 Å². The number of amides is 2. The number of carbonyl (C=O) groups is 2. The first-order chi connectivity index (χ1) is 13.4. The van der Waals surface area contributed by atoms with E-state index < -0.39 is 6.04 Å². The van der Waals surface area contributed by atoms with Crippen LogP contribution in [-0.2, 0) is 9.59 Å². The van der Waals surface area contributed by atoms with E-state index >= 15 is 0 Å². The highest BCUT2D eigenvalue weighted by atomic mass is 16.2. The number of carbonyl (C=O) groups excluding carboxylic acids is 2. The van der Waals surface area contributed by atoms with Crippen LogP contribution in [0.3, 0.4) is 0 Å². The molecule has 5 nitrogen and oxygen atoms in total. The molecule has 1 N–H and O–H groups in total. The number of hydrogen-bond donors (Lipinski definition) is 1. The maximum Gasteiger partial charge on any atom is 0.241 e. The molecule has 0 aliphatic heterocycles. The summed E-state index contributed by atoms with van der Waals surface area (Å²) in [5, 5.41) is 2.93. The van der Waals surface area contributed by atoms with E-state index in [-0.39, 0.29) is 24.4 Å². The molecular weight excluding hydrogens is 350 g/mol. The highest BCUT2D eigenvalue weighted by molar-refractivity contribution is 5.94. The van der Waals surface area contributed by atoms with Gasteiger partial charge in [0.1, 0.15) is 0 Å². The first-order valence-corrected chi connectivity index (χ1v) is 9.84. The van der Waals surface area contributed by atoms with Crippen molar-refractivity contribution in [2.24, 2.45) is 0 Å². The Labute approximate surface area is 168 Å². The summed E-state index contributed by atoms with van der Waals surface area (Å²) in [5.74, 6) is -0.102. The van der Waals surface area contributed by atoms with E-state index in [9.17, 15) is 9.59 Å². The molecule has 5 heteroatoms.